The van der Waals surface area contributed by atoms with Crippen molar-refractivity contribution in [1.82, 2.24) is 9.55 Å². The molecular weight excluding hydrogens is 408 g/mol. The van der Waals surface area contributed by atoms with Crippen LogP contribution in [0.5, 0.6) is 0 Å². The number of ether oxygens (including phenoxy) is 4. The van der Waals surface area contributed by atoms with E-state index >= 15 is 0 Å². The molecule has 2 saturated heterocycles. The normalized spacial score (nSPS) is 28.5. The number of anilines is 1. The van der Waals surface area contributed by atoms with E-state index in [0.717, 1.165) is 4.57 Å². The molecule has 162 valence electrons. The average molecular weight is 428 g/mol. The topological polar surface area (TPSA) is 164 Å². The monoisotopic (exact) mass is 428 g/mol. The number of carbonyl (C=O) groups excluding carboxylic acids is 1. The summed E-state index contributed by atoms with van der Waals surface area (Å²) in [6.07, 6.45) is -1.48. The van der Waals surface area contributed by atoms with Crippen LogP contribution in [0.3, 0.4) is 0 Å². The Kier molecular flexibility index (Phi) is 5.15. The molecule has 3 heterocycles. The number of nitrogen functional groups attached to an aromatic ring is 1. The van der Waals surface area contributed by atoms with E-state index in [1.165, 1.54) is 12.3 Å². The van der Waals surface area contributed by atoms with Crippen LogP contribution in [0.15, 0.2) is 52.5 Å². The highest BCUT2D eigenvalue weighted by Crippen LogP contribution is 2.48. The smallest absolute Gasteiger partial charge is 0.351 e. The summed E-state index contributed by atoms with van der Waals surface area (Å²) >= 11 is 0. The van der Waals surface area contributed by atoms with Gasteiger partial charge in [-0.1, -0.05) is 23.3 Å². The van der Waals surface area contributed by atoms with E-state index in [2.05, 4.69) is 15.0 Å². The standard InChI is InChI=1S/C19H20N6O6/c1-18(2)29-13-14(30-18)19(23-24-21,10-28-16(26)11-6-4-3-5-7-11)31-15(13)25-9-8-12(20)22-17(25)27/h3-9,13-15H,10H2,1-2H3,(H2,20,22,27)/t13-,14+,15-,19-/m1/s1. The first-order valence-electron chi connectivity index (χ1n) is 9.41. The molecular formula is C19H20N6O6. The maximum atomic E-state index is 12.4. The van der Waals surface area contributed by atoms with Gasteiger partial charge in [-0.2, -0.15) is 4.98 Å². The number of carbonyl (C=O) groups is 1. The van der Waals surface area contributed by atoms with Gasteiger partial charge in [0.15, 0.2) is 12.0 Å². The van der Waals surface area contributed by atoms with E-state index in [1.54, 1.807) is 44.2 Å². The fourth-order valence-electron chi connectivity index (χ4n) is 3.65. The van der Waals surface area contributed by atoms with E-state index in [-0.39, 0.29) is 5.82 Å². The van der Waals surface area contributed by atoms with Gasteiger partial charge in [-0.3, -0.25) is 4.57 Å². The molecule has 12 nitrogen and oxygen atoms in total. The molecule has 1 aromatic heterocycles. The van der Waals surface area contributed by atoms with Crippen molar-refractivity contribution >= 4 is 11.8 Å². The van der Waals surface area contributed by atoms with Crippen LogP contribution in [0.1, 0.15) is 30.4 Å². The second kappa shape index (κ2) is 7.67. The van der Waals surface area contributed by atoms with Crippen molar-refractivity contribution in [3.8, 4) is 0 Å². The van der Waals surface area contributed by atoms with Crippen LogP contribution in [0.2, 0.25) is 0 Å². The summed E-state index contributed by atoms with van der Waals surface area (Å²) in [6, 6.07) is 9.73. The Labute approximate surface area is 176 Å². The maximum absolute atomic E-state index is 12.4. The first kappa shape index (κ1) is 20.8. The lowest BCUT2D eigenvalue weighted by Gasteiger charge is -2.30. The minimum absolute atomic E-state index is 0.0396. The van der Waals surface area contributed by atoms with Gasteiger partial charge in [0.25, 0.3) is 0 Å². The number of hydrogen-bond donors (Lipinski definition) is 1. The Morgan fingerprint density at radius 3 is 2.71 bits per heavy atom. The zero-order chi connectivity index (χ0) is 22.2. The van der Waals surface area contributed by atoms with Gasteiger partial charge >= 0.3 is 11.7 Å². The predicted octanol–water partition coefficient (Wildman–Crippen LogP) is 1.74. The molecule has 0 aliphatic carbocycles. The Morgan fingerprint density at radius 2 is 2.03 bits per heavy atom. The molecule has 31 heavy (non-hydrogen) atoms. The molecule has 4 atom stereocenters. The zero-order valence-electron chi connectivity index (χ0n) is 16.7. The number of benzene rings is 1. The number of aromatic nitrogens is 2. The Hall–Kier alpha value is -3.44. The summed E-state index contributed by atoms with van der Waals surface area (Å²) in [5.74, 6) is -1.67. The van der Waals surface area contributed by atoms with Crippen molar-refractivity contribution in [2.24, 2.45) is 5.11 Å². The fourth-order valence-corrected chi connectivity index (χ4v) is 3.65. The molecule has 0 radical (unpaired) electrons. The van der Waals surface area contributed by atoms with Crippen molar-refractivity contribution in [3.63, 3.8) is 0 Å². The molecule has 0 spiro atoms. The number of nitrogens with two attached hydrogens (primary N) is 1. The third-order valence-electron chi connectivity index (χ3n) is 4.94. The van der Waals surface area contributed by atoms with Crippen LogP contribution < -0.4 is 11.4 Å². The van der Waals surface area contributed by atoms with Crippen LogP contribution >= 0.6 is 0 Å². The molecule has 1 aromatic carbocycles. The molecule has 0 unspecified atom stereocenters. The van der Waals surface area contributed by atoms with Crippen molar-refractivity contribution in [1.29, 1.82) is 0 Å². The molecule has 12 heteroatoms. The highest BCUT2D eigenvalue weighted by atomic mass is 16.8. The second-order valence-electron chi connectivity index (χ2n) is 7.55. The van der Waals surface area contributed by atoms with Gasteiger partial charge in [0.2, 0.25) is 5.72 Å². The molecule has 2 N–H and O–H groups in total. The van der Waals surface area contributed by atoms with Crippen LogP contribution in [-0.4, -0.2) is 45.8 Å². The van der Waals surface area contributed by atoms with Crippen molar-refractivity contribution in [2.45, 2.75) is 43.8 Å². The third kappa shape index (κ3) is 3.84. The van der Waals surface area contributed by atoms with Gasteiger partial charge in [0, 0.05) is 11.1 Å². The van der Waals surface area contributed by atoms with E-state index in [9.17, 15) is 15.1 Å². The quantitative estimate of drug-likeness (QED) is 0.325. The number of fused-ring (bicyclic) bond motifs is 1. The van der Waals surface area contributed by atoms with Crippen molar-refractivity contribution in [3.05, 3.63) is 69.1 Å². The van der Waals surface area contributed by atoms with Crippen molar-refractivity contribution < 1.29 is 23.7 Å². The molecule has 4 rings (SSSR count). The summed E-state index contributed by atoms with van der Waals surface area (Å²) in [7, 11) is 0. The highest BCUT2D eigenvalue weighted by Gasteiger charge is 2.64. The van der Waals surface area contributed by atoms with E-state index in [0.29, 0.717) is 5.56 Å². The minimum atomic E-state index is -1.77. The Morgan fingerprint density at radius 1 is 1.29 bits per heavy atom. The SMILES string of the molecule is CC1(C)O[C@H]2[C@H](n3ccc(N)nc3=O)O[C@@](COC(=O)c3ccccc3)(N=[N+]=[N-])[C@H]2O1. The zero-order valence-corrected chi connectivity index (χ0v) is 16.7. The first-order valence-corrected chi connectivity index (χ1v) is 9.41. The van der Waals surface area contributed by atoms with Gasteiger partial charge in [-0.25, -0.2) is 9.59 Å². The number of esters is 1. The molecule has 0 saturated carbocycles. The summed E-state index contributed by atoms with van der Waals surface area (Å²) in [5.41, 5.74) is 12.6. The molecule has 2 fully saturated rings. The van der Waals surface area contributed by atoms with Crippen molar-refractivity contribution in [2.75, 3.05) is 12.3 Å². The molecule has 2 aliphatic heterocycles. The van der Waals surface area contributed by atoms with E-state index in [4.69, 9.17) is 24.7 Å². The average Bonchev–Trinajstić information content (AvgIpc) is 3.19. The van der Waals surface area contributed by atoms with Crippen LogP contribution in [0.4, 0.5) is 5.82 Å². The van der Waals surface area contributed by atoms with Gasteiger partial charge < -0.3 is 24.7 Å². The lowest BCUT2D eigenvalue weighted by molar-refractivity contribution is -0.225. The molecule has 0 bridgehead atoms. The number of nitrogens with zero attached hydrogens (tertiary/aromatic N) is 5. The van der Waals surface area contributed by atoms with E-state index in [1.807, 2.05) is 0 Å². The van der Waals surface area contributed by atoms with Gasteiger partial charge in [-0.15, -0.1) is 0 Å². The second-order valence-corrected chi connectivity index (χ2v) is 7.55. The first-order chi connectivity index (χ1) is 14.7. The predicted molar refractivity (Wildman–Crippen MR) is 105 cm³/mol. The molecule has 2 aliphatic rings. The van der Waals surface area contributed by atoms with Gasteiger partial charge in [0.05, 0.1) is 5.56 Å². The summed E-state index contributed by atoms with van der Waals surface area (Å²) in [6.45, 7) is 2.88. The van der Waals surface area contributed by atoms with Gasteiger partial charge in [0.1, 0.15) is 24.6 Å². The highest BCUT2D eigenvalue weighted by molar-refractivity contribution is 5.89. The van der Waals surface area contributed by atoms with Crippen LogP contribution in [0.25, 0.3) is 10.4 Å². The molecule has 2 aromatic rings. The summed E-state index contributed by atoms with van der Waals surface area (Å²) in [5, 5.41) is 3.77. The Bertz CT molecular complexity index is 1100. The summed E-state index contributed by atoms with van der Waals surface area (Å²) in [4.78, 5) is 31.4. The number of azide groups is 1. The van der Waals surface area contributed by atoms with Crippen LogP contribution in [0, 0.1) is 0 Å². The number of rotatable bonds is 5. The van der Waals surface area contributed by atoms with Gasteiger partial charge in [-0.05, 0) is 37.6 Å². The lowest BCUT2D eigenvalue weighted by Crippen LogP contribution is -2.45. The summed E-state index contributed by atoms with van der Waals surface area (Å²) < 4.78 is 24.4. The maximum Gasteiger partial charge on any atom is 0.351 e. The fraction of sp³-hybridized carbons (Fsp3) is 0.421. The van der Waals surface area contributed by atoms with Crippen LogP contribution in [-0.2, 0) is 18.9 Å². The Balaban J connectivity index is 1.68. The number of hydrogen-bond acceptors (Lipinski definition) is 9. The minimum Gasteiger partial charge on any atom is -0.459 e. The molecule has 0 amide bonds. The third-order valence-corrected chi connectivity index (χ3v) is 4.94. The van der Waals surface area contributed by atoms with E-state index < -0.39 is 48.2 Å². The largest absolute Gasteiger partial charge is 0.459 e. The lowest BCUT2D eigenvalue weighted by atomic mass is 10.1.